The van der Waals surface area contributed by atoms with E-state index in [9.17, 15) is 0 Å². The van der Waals surface area contributed by atoms with Gasteiger partial charge in [0.1, 0.15) is 0 Å². The summed E-state index contributed by atoms with van der Waals surface area (Å²) >= 11 is 5.97. The van der Waals surface area contributed by atoms with E-state index in [2.05, 4.69) is 29.1 Å². The van der Waals surface area contributed by atoms with Crippen LogP contribution < -0.4 is 4.90 Å². The number of nitrogens with zero attached hydrogens (tertiary/aromatic N) is 2. The maximum Gasteiger partial charge on any atom is 0.0726 e. The van der Waals surface area contributed by atoms with Gasteiger partial charge in [0, 0.05) is 31.3 Å². The monoisotopic (exact) mass is 304 g/mol. The second kappa shape index (κ2) is 6.63. The molecule has 1 aromatic heterocycles. The number of likely N-dealkylation sites (N-methyl/N-ethyl adjacent to an activating group) is 1. The zero-order valence-corrected chi connectivity index (χ0v) is 13.1. The van der Waals surface area contributed by atoms with E-state index in [1.54, 1.807) is 0 Å². The number of ether oxygens (including phenoxy) is 1. The minimum Gasteiger partial charge on any atom is -0.379 e. The molecule has 2 aromatic rings. The summed E-state index contributed by atoms with van der Waals surface area (Å²) in [4.78, 5) is 6.80. The highest BCUT2D eigenvalue weighted by Gasteiger charge is 2.21. The van der Waals surface area contributed by atoms with Gasteiger partial charge in [-0.1, -0.05) is 18.2 Å². The van der Waals surface area contributed by atoms with Crippen LogP contribution in [0.25, 0.3) is 10.9 Å². The predicted octanol–water partition coefficient (Wildman–Crippen LogP) is 3.84. The molecule has 0 radical (unpaired) electrons. The van der Waals surface area contributed by atoms with E-state index in [1.807, 2.05) is 18.2 Å². The number of hydrogen-bond acceptors (Lipinski definition) is 3. The van der Waals surface area contributed by atoms with Crippen molar-refractivity contribution in [2.24, 2.45) is 5.92 Å². The molecule has 0 saturated heterocycles. The lowest BCUT2D eigenvalue weighted by atomic mass is 10.1. The van der Waals surface area contributed by atoms with E-state index in [0.29, 0.717) is 5.88 Å². The van der Waals surface area contributed by atoms with Crippen molar-refractivity contribution in [3.05, 3.63) is 36.0 Å². The molecule has 3 rings (SSSR count). The van der Waals surface area contributed by atoms with Gasteiger partial charge in [-0.3, -0.25) is 4.98 Å². The minimum absolute atomic E-state index is 0.434. The molecular weight excluding hydrogens is 284 g/mol. The molecule has 1 aromatic carbocycles. The first-order valence-corrected chi connectivity index (χ1v) is 8.05. The first-order valence-electron chi connectivity index (χ1n) is 7.51. The molecule has 0 amide bonds. The fourth-order valence-corrected chi connectivity index (χ4v) is 2.59. The van der Waals surface area contributed by atoms with E-state index < -0.39 is 0 Å². The van der Waals surface area contributed by atoms with Gasteiger partial charge >= 0.3 is 0 Å². The Morgan fingerprint density at radius 2 is 2.14 bits per heavy atom. The molecule has 0 bridgehead atoms. The molecule has 1 fully saturated rings. The summed E-state index contributed by atoms with van der Waals surface area (Å²) in [5, 5.41) is 1.16. The number of hydrogen-bond donors (Lipinski definition) is 0. The van der Waals surface area contributed by atoms with Crippen LogP contribution in [0.1, 0.15) is 18.5 Å². The van der Waals surface area contributed by atoms with Gasteiger partial charge in [-0.05, 0) is 30.9 Å². The Hall–Kier alpha value is -1.32. The minimum atomic E-state index is 0.434. The summed E-state index contributed by atoms with van der Waals surface area (Å²) in [6.45, 7) is 2.56. The predicted molar refractivity (Wildman–Crippen MR) is 88.1 cm³/mol. The van der Waals surface area contributed by atoms with Gasteiger partial charge in [-0.15, -0.1) is 11.6 Å². The number of rotatable bonds is 7. The van der Waals surface area contributed by atoms with E-state index in [4.69, 9.17) is 16.3 Å². The molecule has 1 heterocycles. The highest BCUT2D eigenvalue weighted by Crippen LogP contribution is 2.29. The molecule has 1 saturated carbocycles. The van der Waals surface area contributed by atoms with Gasteiger partial charge in [-0.2, -0.15) is 0 Å². The molecule has 3 nitrogen and oxygen atoms in total. The number of anilines is 1. The molecule has 1 aliphatic carbocycles. The Kier molecular flexibility index (Phi) is 4.61. The molecule has 21 heavy (non-hydrogen) atoms. The van der Waals surface area contributed by atoms with Gasteiger partial charge in [0.05, 0.1) is 23.7 Å². The third-order valence-corrected chi connectivity index (χ3v) is 4.19. The van der Waals surface area contributed by atoms with Crippen LogP contribution in [0.5, 0.6) is 0 Å². The summed E-state index contributed by atoms with van der Waals surface area (Å²) in [5.41, 5.74) is 3.08. The summed E-state index contributed by atoms with van der Waals surface area (Å²) in [6, 6.07) is 10.3. The molecular formula is C17H21ClN2O. The van der Waals surface area contributed by atoms with Crippen molar-refractivity contribution < 1.29 is 4.74 Å². The van der Waals surface area contributed by atoms with Crippen molar-refractivity contribution in [1.29, 1.82) is 0 Å². The van der Waals surface area contributed by atoms with Gasteiger partial charge < -0.3 is 9.64 Å². The van der Waals surface area contributed by atoms with Crippen molar-refractivity contribution in [2.45, 2.75) is 18.7 Å². The Morgan fingerprint density at radius 1 is 1.33 bits per heavy atom. The van der Waals surface area contributed by atoms with Crippen molar-refractivity contribution in [3.8, 4) is 0 Å². The lowest BCUT2D eigenvalue weighted by Gasteiger charge is -2.21. The summed E-state index contributed by atoms with van der Waals surface area (Å²) < 4.78 is 5.73. The van der Waals surface area contributed by atoms with Crippen LogP contribution in [-0.4, -0.2) is 31.8 Å². The molecule has 0 spiro atoms. The van der Waals surface area contributed by atoms with Crippen molar-refractivity contribution >= 4 is 28.2 Å². The van der Waals surface area contributed by atoms with Crippen LogP contribution in [0.3, 0.4) is 0 Å². The summed E-state index contributed by atoms with van der Waals surface area (Å²) in [5.74, 6) is 1.25. The number of halogens is 1. The maximum absolute atomic E-state index is 5.97. The Morgan fingerprint density at radius 3 is 2.90 bits per heavy atom. The molecule has 0 unspecified atom stereocenters. The van der Waals surface area contributed by atoms with Gasteiger partial charge in [0.2, 0.25) is 0 Å². The second-order valence-electron chi connectivity index (χ2n) is 5.72. The van der Waals surface area contributed by atoms with Crippen LogP contribution in [0, 0.1) is 5.92 Å². The Balaban J connectivity index is 1.73. The smallest absolute Gasteiger partial charge is 0.0726 e. The topological polar surface area (TPSA) is 25.4 Å². The lowest BCUT2D eigenvalue weighted by Crippen LogP contribution is -2.23. The normalized spacial score (nSPS) is 14.6. The van der Waals surface area contributed by atoms with Crippen LogP contribution >= 0.6 is 11.6 Å². The molecule has 0 aliphatic heterocycles. The van der Waals surface area contributed by atoms with E-state index in [0.717, 1.165) is 42.3 Å². The number of alkyl halides is 1. The largest absolute Gasteiger partial charge is 0.379 e. The highest BCUT2D eigenvalue weighted by molar-refractivity contribution is 6.17. The van der Waals surface area contributed by atoms with Gasteiger partial charge in [0.25, 0.3) is 0 Å². The van der Waals surface area contributed by atoms with E-state index in [-0.39, 0.29) is 0 Å². The quantitative estimate of drug-likeness (QED) is 0.574. The summed E-state index contributed by atoms with van der Waals surface area (Å²) in [6.07, 6.45) is 2.67. The first-order chi connectivity index (χ1) is 10.3. The molecule has 4 heteroatoms. The van der Waals surface area contributed by atoms with Gasteiger partial charge in [-0.25, -0.2) is 0 Å². The number of benzene rings is 1. The number of para-hydroxylation sites is 1. The Bertz CT molecular complexity index is 613. The van der Waals surface area contributed by atoms with Crippen LogP contribution in [0.4, 0.5) is 5.69 Å². The molecule has 0 N–H and O–H groups in total. The zero-order chi connectivity index (χ0) is 14.7. The van der Waals surface area contributed by atoms with Crippen LogP contribution in [-0.2, 0) is 10.6 Å². The number of aromatic nitrogens is 1. The fraction of sp³-hybridized carbons (Fsp3) is 0.471. The van der Waals surface area contributed by atoms with Crippen molar-refractivity contribution in [2.75, 3.05) is 31.7 Å². The molecule has 0 atom stereocenters. The van der Waals surface area contributed by atoms with E-state index >= 15 is 0 Å². The molecule has 1 aliphatic rings. The van der Waals surface area contributed by atoms with Crippen molar-refractivity contribution in [3.63, 3.8) is 0 Å². The van der Waals surface area contributed by atoms with Crippen LogP contribution in [0.15, 0.2) is 30.3 Å². The average Bonchev–Trinajstić information content (AvgIpc) is 3.34. The Labute approximate surface area is 130 Å². The average molecular weight is 305 g/mol. The standard InChI is InChI=1S/C17H21ClN2O/c1-20(8-9-21-12-13-6-7-13)17-10-14(11-18)19-16-5-3-2-4-15(16)17/h2-5,10,13H,6-9,11-12H2,1H3. The zero-order valence-electron chi connectivity index (χ0n) is 12.4. The number of pyridine rings is 1. The number of fused-ring (bicyclic) bond motifs is 1. The third kappa shape index (κ3) is 3.66. The lowest BCUT2D eigenvalue weighted by molar-refractivity contribution is 0.131. The maximum atomic E-state index is 5.97. The fourth-order valence-electron chi connectivity index (χ4n) is 2.45. The summed E-state index contributed by atoms with van der Waals surface area (Å²) in [7, 11) is 2.10. The SMILES string of the molecule is CN(CCOCC1CC1)c1cc(CCl)nc2ccccc12. The van der Waals surface area contributed by atoms with Gasteiger partial charge in [0.15, 0.2) is 0 Å². The van der Waals surface area contributed by atoms with Crippen LogP contribution in [0.2, 0.25) is 0 Å². The second-order valence-corrected chi connectivity index (χ2v) is 5.99. The highest BCUT2D eigenvalue weighted by atomic mass is 35.5. The third-order valence-electron chi connectivity index (χ3n) is 3.92. The van der Waals surface area contributed by atoms with Crippen molar-refractivity contribution in [1.82, 2.24) is 4.98 Å². The van der Waals surface area contributed by atoms with E-state index in [1.165, 1.54) is 18.5 Å². The molecule has 112 valence electrons. The first kappa shape index (κ1) is 14.6.